The van der Waals surface area contributed by atoms with Crippen molar-refractivity contribution in [2.45, 2.75) is 64.1 Å². The molecule has 192 valence electrons. The Balaban J connectivity index is 1.53. The predicted octanol–water partition coefficient (Wildman–Crippen LogP) is 0.440. The Morgan fingerprint density at radius 3 is 2.29 bits per heavy atom. The van der Waals surface area contributed by atoms with Gasteiger partial charge in [0.2, 0.25) is 5.88 Å². The monoisotopic (exact) mass is 490 g/mol. The van der Waals surface area contributed by atoms with Crippen LogP contribution in [0.2, 0.25) is 0 Å². The van der Waals surface area contributed by atoms with Crippen molar-refractivity contribution in [2.75, 3.05) is 26.8 Å². The van der Waals surface area contributed by atoms with Crippen molar-refractivity contribution in [1.29, 1.82) is 5.41 Å². The standard InChI is InChI=1S/C23H34N6O6/c1-4-27-18(30)16(17(24)25)19(31)29(22(27)34)15-7-5-13(6-8-15)9-23(2)20(32)26(3)21(33)28(23)10-14-11-35-12-14/h13-15,30H,4-12H2,1-3H3,(H3,24,25)/t13?,15?,23-/m0/s1. The second kappa shape index (κ2) is 9.14. The lowest BCUT2D eigenvalue weighted by Gasteiger charge is -2.40. The fourth-order valence-electron chi connectivity index (χ4n) is 5.75. The molecule has 3 heterocycles. The van der Waals surface area contributed by atoms with E-state index in [1.165, 1.54) is 11.9 Å². The van der Waals surface area contributed by atoms with Crippen LogP contribution < -0.4 is 17.0 Å². The van der Waals surface area contributed by atoms with E-state index in [1.807, 2.05) is 6.92 Å². The van der Waals surface area contributed by atoms with E-state index in [9.17, 15) is 24.3 Å². The van der Waals surface area contributed by atoms with Gasteiger partial charge in [0.25, 0.3) is 11.5 Å². The van der Waals surface area contributed by atoms with Gasteiger partial charge in [-0.3, -0.25) is 29.0 Å². The average Bonchev–Trinajstić information content (AvgIpc) is 2.92. The predicted molar refractivity (Wildman–Crippen MR) is 127 cm³/mol. The average molecular weight is 491 g/mol. The Morgan fingerprint density at radius 2 is 1.77 bits per heavy atom. The number of carbonyl (C=O) groups is 2. The molecule has 1 saturated carbocycles. The third kappa shape index (κ3) is 4.03. The van der Waals surface area contributed by atoms with Gasteiger partial charge in [0.05, 0.1) is 13.2 Å². The van der Waals surface area contributed by atoms with Crippen LogP contribution in [0, 0.1) is 17.2 Å². The molecule has 1 aliphatic carbocycles. The summed E-state index contributed by atoms with van der Waals surface area (Å²) in [6, 6.07) is -0.687. The maximum atomic E-state index is 13.1. The van der Waals surface area contributed by atoms with Gasteiger partial charge in [-0.1, -0.05) is 0 Å². The Bertz CT molecular complexity index is 1160. The molecule has 35 heavy (non-hydrogen) atoms. The highest BCUT2D eigenvalue weighted by molar-refractivity contribution is 6.06. The molecule has 3 aliphatic rings. The topological polar surface area (TPSA) is 164 Å². The number of rotatable bonds is 7. The smallest absolute Gasteiger partial charge is 0.334 e. The zero-order valence-electron chi connectivity index (χ0n) is 20.5. The third-order valence-electron chi connectivity index (χ3n) is 7.83. The number of aromatic hydroxyl groups is 1. The highest BCUT2D eigenvalue weighted by atomic mass is 16.5. The van der Waals surface area contributed by atoms with Gasteiger partial charge in [0, 0.05) is 32.1 Å². The number of nitrogen functional groups attached to an aromatic ring is 1. The van der Waals surface area contributed by atoms with Gasteiger partial charge in [-0.25, -0.2) is 9.59 Å². The minimum Gasteiger partial charge on any atom is -0.494 e. The molecule has 1 atom stereocenters. The Hall–Kier alpha value is -3.15. The number of likely N-dealkylation sites (N-methyl/N-ethyl adjacent to an activating group) is 1. The molecule has 12 heteroatoms. The fraction of sp³-hybridized carbons (Fsp3) is 0.696. The molecule has 3 fully saturated rings. The van der Waals surface area contributed by atoms with Gasteiger partial charge in [0.15, 0.2) is 0 Å². The van der Waals surface area contributed by atoms with Gasteiger partial charge in [0.1, 0.15) is 16.9 Å². The molecule has 4 N–H and O–H groups in total. The van der Waals surface area contributed by atoms with Crippen molar-refractivity contribution in [2.24, 2.45) is 17.6 Å². The first-order chi connectivity index (χ1) is 16.5. The first-order valence-corrected chi connectivity index (χ1v) is 12.1. The number of nitrogens with two attached hydrogens (primary N) is 1. The third-order valence-corrected chi connectivity index (χ3v) is 7.83. The van der Waals surface area contributed by atoms with E-state index in [1.54, 1.807) is 11.8 Å². The minimum absolute atomic E-state index is 0.129. The molecule has 1 aromatic heterocycles. The summed E-state index contributed by atoms with van der Waals surface area (Å²) in [6.07, 6.45) is 2.89. The minimum atomic E-state index is -0.939. The van der Waals surface area contributed by atoms with Crippen LogP contribution in [0.15, 0.2) is 9.59 Å². The fourth-order valence-corrected chi connectivity index (χ4v) is 5.75. The summed E-state index contributed by atoms with van der Waals surface area (Å²) in [5.41, 5.74) is 2.85. The number of nitrogens with zero attached hydrogens (tertiary/aromatic N) is 4. The van der Waals surface area contributed by atoms with Crippen molar-refractivity contribution in [1.82, 2.24) is 18.9 Å². The first-order valence-electron chi connectivity index (χ1n) is 12.1. The second-order valence-electron chi connectivity index (χ2n) is 10.1. The molecule has 2 aliphatic heterocycles. The van der Waals surface area contributed by atoms with Crippen LogP contribution in [0.25, 0.3) is 0 Å². The van der Waals surface area contributed by atoms with E-state index in [2.05, 4.69) is 0 Å². The number of nitrogens with one attached hydrogen (secondary N) is 1. The van der Waals surface area contributed by atoms with Crippen LogP contribution in [0.4, 0.5) is 4.79 Å². The van der Waals surface area contributed by atoms with E-state index in [4.69, 9.17) is 15.9 Å². The molecule has 0 spiro atoms. The maximum Gasteiger partial charge on any atom is 0.334 e. The van der Waals surface area contributed by atoms with Crippen molar-refractivity contribution in [3.63, 3.8) is 0 Å². The molecule has 3 amide bonds. The van der Waals surface area contributed by atoms with Gasteiger partial charge < -0.3 is 20.5 Å². The molecule has 0 aromatic carbocycles. The lowest BCUT2D eigenvalue weighted by atomic mass is 9.77. The highest BCUT2D eigenvalue weighted by Crippen LogP contribution is 2.40. The van der Waals surface area contributed by atoms with Gasteiger partial charge in [-0.2, -0.15) is 0 Å². The lowest BCUT2D eigenvalue weighted by molar-refractivity contribution is -0.133. The van der Waals surface area contributed by atoms with Gasteiger partial charge >= 0.3 is 11.7 Å². The number of amidine groups is 1. The largest absolute Gasteiger partial charge is 0.494 e. The quantitative estimate of drug-likeness (QED) is 0.283. The first kappa shape index (κ1) is 25.0. The number of imide groups is 1. The van der Waals surface area contributed by atoms with E-state index in [0.717, 1.165) is 9.13 Å². The summed E-state index contributed by atoms with van der Waals surface area (Å²) in [5.74, 6) is -1.02. The number of ether oxygens (including phenoxy) is 1. The molecule has 0 radical (unpaired) electrons. The highest BCUT2D eigenvalue weighted by Gasteiger charge is 2.54. The summed E-state index contributed by atoms with van der Waals surface area (Å²) in [7, 11) is 1.51. The number of amides is 3. The zero-order chi connectivity index (χ0) is 25.7. The molecule has 0 unspecified atom stereocenters. The van der Waals surface area contributed by atoms with Crippen LogP contribution in [0.1, 0.15) is 57.6 Å². The Labute approximate surface area is 202 Å². The van der Waals surface area contributed by atoms with Crippen LogP contribution >= 0.6 is 0 Å². The number of carbonyl (C=O) groups excluding carboxylic acids is 2. The van der Waals surface area contributed by atoms with Crippen LogP contribution in [-0.2, 0) is 16.1 Å². The van der Waals surface area contributed by atoms with E-state index < -0.39 is 34.5 Å². The van der Waals surface area contributed by atoms with E-state index in [-0.39, 0.29) is 35.9 Å². The van der Waals surface area contributed by atoms with E-state index in [0.29, 0.717) is 51.9 Å². The molecule has 12 nitrogen and oxygen atoms in total. The van der Waals surface area contributed by atoms with Crippen LogP contribution in [-0.4, -0.2) is 74.2 Å². The lowest BCUT2D eigenvalue weighted by Crippen LogP contribution is -2.52. The second-order valence-corrected chi connectivity index (χ2v) is 10.1. The summed E-state index contributed by atoms with van der Waals surface area (Å²) >= 11 is 0. The van der Waals surface area contributed by atoms with Crippen molar-refractivity contribution >= 4 is 17.8 Å². The molecule has 2 saturated heterocycles. The SMILES string of the molecule is CCn1c(O)c(C(=N)N)c(=O)n(C2CCC(C[C@@]3(C)C(=O)N(C)C(=O)N3CC3COC3)CC2)c1=O. The van der Waals surface area contributed by atoms with Crippen LogP contribution in [0.5, 0.6) is 5.88 Å². The Kier molecular flexibility index (Phi) is 6.52. The van der Waals surface area contributed by atoms with Crippen molar-refractivity contribution in [3.05, 3.63) is 26.4 Å². The number of hydrogen-bond acceptors (Lipinski definition) is 7. The number of hydrogen-bond donors (Lipinski definition) is 3. The maximum absolute atomic E-state index is 13.1. The Morgan fingerprint density at radius 1 is 1.14 bits per heavy atom. The van der Waals surface area contributed by atoms with Gasteiger partial charge in [-0.05, 0) is 51.9 Å². The molecule has 4 rings (SSSR count). The molecular formula is C23H34N6O6. The summed E-state index contributed by atoms with van der Waals surface area (Å²) in [5, 5.41) is 18.0. The summed E-state index contributed by atoms with van der Waals surface area (Å²) < 4.78 is 7.40. The normalized spacial score (nSPS) is 27.4. The van der Waals surface area contributed by atoms with Crippen molar-refractivity contribution in [3.8, 4) is 5.88 Å². The molecular weight excluding hydrogens is 456 g/mol. The van der Waals surface area contributed by atoms with Crippen LogP contribution in [0.3, 0.4) is 0 Å². The van der Waals surface area contributed by atoms with Gasteiger partial charge in [-0.15, -0.1) is 0 Å². The van der Waals surface area contributed by atoms with E-state index >= 15 is 0 Å². The number of aromatic nitrogens is 2. The molecule has 0 bridgehead atoms. The summed E-state index contributed by atoms with van der Waals surface area (Å²) in [6.45, 7) is 5.27. The molecule has 1 aromatic rings. The summed E-state index contributed by atoms with van der Waals surface area (Å²) in [4.78, 5) is 54.7. The number of urea groups is 1. The van der Waals surface area contributed by atoms with Crippen molar-refractivity contribution < 1.29 is 19.4 Å². The zero-order valence-corrected chi connectivity index (χ0v) is 20.5.